The van der Waals surface area contributed by atoms with Gasteiger partial charge in [-0.1, -0.05) is 32.9 Å². The highest BCUT2D eigenvalue weighted by molar-refractivity contribution is 5.93. The summed E-state index contributed by atoms with van der Waals surface area (Å²) < 4.78 is 1.72. The smallest absolute Gasteiger partial charge is 0.272 e. The largest absolute Gasteiger partial charge is 0.340 e. The van der Waals surface area contributed by atoms with Crippen molar-refractivity contribution in [3.05, 3.63) is 47.5 Å². The third-order valence-electron chi connectivity index (χ3n) is 5.35. The van der Waals surface area contributed by atoms with Crippen LogP contribution in [0.5, 0.6) is 0 Å². The molecule has 1 N–H and O–H groups in total. The van der Waals surface area contributed by atoms with Gasteiger partial charge in [-0.15, -0.1) is 0 Å². The van der Waals surface area contributed by atoms with Crippen LogP contribution in [0.25, 0.3) is 11.0 Å². The maximum Gasteiger partial charge on any atom is 0.272 e. The first kappa shape index (κ1) is 17.8. The molecule has 0 bridgehead atoms. The zero-order chi connectivity index (χ0) is 19.2. The number of hydrogen-bond donors (Lipinski definition) is 1. The summed E-state index contributed by atoms with van der Waals surface area (Å²) >= 11 is 0. The summed E-state index contributed by atoms with van der Waals surface area (Å²) in [6.07, 6.45) is 3.05. The maximum atomic E-state index is 13.4. The molecule has 1 aliphatic heterocycles. The van der Waals surface area contributed by atoms with Crippen molar-refractivity contribution >= 4 is 16.9 Å². The lowest BCUT2D eigenvalue weighted by Crippen LogP contribution is -2.39. The van der Waals surface area contributed by atoms with Gasteiger partial charge in [-0.3, -0.25) is 9.48 Å². The molecule has 1 aliphatic rings. The average molecular weight is 365 g/mol. The first-order valence-electron chi connectivity index (χ1n) is 9.65. The molecule has 1 fully saturated rings. The summed E-state index contributed by atoms with van der Waals surface area (Å²) in [5.74, 6) is 0.910. The molecule has 1 saturated heterocycles. The predicted molar refractivity (Wildman–Crippen MR) is 106 cm³/mol. The Morgan fingerprint density at radius 2 is 2.00 bits per heavy atom. The molecule has 142 valence electrons. The van der Waals surface area contributed by atoms with Gasteiger partial charge in [0.2, 0.25) is 0 Å². The van der Waals surface area contributed by atoms with Crippen LogP contribution in [0.3, 0.4) is 0 Å². The second-order valence-electron chi connectivity index (χ2n) is 8.44. The third-order valence-corrected chi connectivity index (χ3v) is 5.35. The lowest BCUT2D eigenvalue weighted by molar-refractivity contribution is 0.0590. The molecule has 6 heteroatoms. The van der Waals surface area contributed by atoms with E-state index in [9.17, 15) is 4.79 Å². The van der Waals surface area contributed by atoms with Gasteiger partial charge in [-0.05, 0) is 37.5 Å². The molecule has 0 radical (unpaired) electrons. The van der Waals surface area contributed by atoms with Crippen molar-refractivity contribution in [3.63, 3.8) is 0 Å². The number of H-pyrrole nitrogens is 1. The Balaban J connectivity index is 1.68. The van der Waals surface area contributed by atoms with E-state index in [0.717, 1.165) is 48.4 Å². The monoisotopic (exact) mass is 365 g/mol. The third kappa shape index (κ3) is 3.24. The van der Waals surface area contributed by atoms with Crippen molar-refractivity contribution in [3.8, 4) is 0 Å². The van der Waals surface area contributed by atoms with Gasteiger partial charge in [0.1, 0.15) is 11.5 Å². The van der Waals surface area contributed by atoms with Crippen LogP contribution in [0.4, 0.5) is 0 Å². The van der Waals surface area contributed by atoms with Crippen molar-refractivity contribution in [1.29, 1.82) is 0 Å². The Morgan fingerprint density at radius 1 is 1.22 bits per heavy atom. The Bertz CT molecular complexity index is 945. The molecule has 1 amide bonds. The number of likely N-dealkylation sites (tertiary alicyclic amines) is 1. The molecule has 0 saturated carbocycles. The van der Waals surface area contributed by atoms with Crippen LogP contribution < -0.4 is 0 Å². The van der Waals surface area contributed by atoms with Crippen LogP contribution in [0.1, 0.15) is 68.1 Å². The minimum absolute atomic E-state index is 0.0216. The minimum atomic E-state index is -0.0870. The lowest BCUT2D eigenvalue weighted by Gasteiger charge is -2.34. The van der Waals surface area contributed by atoms with Crippen molar-refractivity contribution < 1.29 is 4.79 Å². The van der Waals surface area contributed by atoms with Gasteiger partial charge in [0.05, 0.1) is 22.8 Å². The van der Waals surface area contributed by atoms with Crippen LogP contribution in [0.2, 0.25) is 0 Å². The fourth-order valence-corrected chi connectivity index (χ4v) is 3.77. The number of carbonyl (C=O) groups is 1. The van der Waals surface area contributed by atoms with Gasteiger partial charge in [-0.2, -0.15) is 5.10 Å². The van der Waals surface area contributed by atoms with Crippen LogP contribution in [0, 0.1) is 0 Å². The standard InChI is InChI=1S/C21H27N5O/c1-21(2,3)18-13-17(25(4)24-18)20(27)26-12-8-7-11-16(26)19-22-14-9-5-6-10-15(14)23-19/h5-6,9-10,13,16H,7-8,11-12H2,1-4H3,(H,22,23). The molecule has 3 heterocycles. The Kier molecular flexibility index (Phi) is 4.29. The highest BCUT2D eigenvalue weighted by Crippen LogP contribution is 2.32. The summed E-state index contributed by atoms with van der Waals surface area (Å²) in [4.78, 5) is 23.5. The van der Waals surface area contributed by atoms with Gasteiger partial charge in [0.15, 0.2) is 0 Å². The summed E-state index contributed by atoms with van der Waals surface area (Å²) in [6, 6.07) is 9.93. The van der Waals surface area contributed by atoms with E-state index in [1.165, 1.54) is 0 Å². The van der Waals surface area contributed by atoms with Gasteiger partial charge in [0.25, 0.3) is 5.91 Å². The molecule has 6 nitrogen and oxygen atoms in total. The van der Waals surface area contributed by atoms with E-state index in [1.54, 1.807) is 4.68 Å². The quantitative estimate of drug-likeness (QED) is 0.747. The number of rotatable bonds is 2. The van der Waals surface area contributed by atoms with Crippen LogP contribution in [-0.2, 0) is 12.5 Å². The number of nitrogens with zero attached hydrogens (tertiary/aromatic N) is 4. The number of imidazole rings is 1. The lowest BCUT2D eigenvalue weighted by atomic mass is 9.92. The van der Waals surface area contributed by atoms with Crippen molar-refractivity contribution in [2.24, 2.45) is 7.05 Å². The molecule has 2 aromatic heterocycles. The normalized spacial score (nSPS) is 18.2. The van der Waals surface area contributed by atoms with Gasteiger partial charge >= 0.3 is 0 Å². The topological polar surface area (TPSA) is 66.8 Å². The van der Waals surface area contributed by atoms with Crippen LogP contribution in [-0.4, -0.2) is 37.1 Å². The number of para-hydroxylation sites is 2. The molecule has 1 aromatic carbocycles. The highest BCUT2D eigenvalue weighted by Gasteiger charge is 2.33. The Labute approximate surface area is 159 Å². The number of amides is 1. The van der Waals surface area contributed by atoms with Crippen molar-refractivity contribution in [2.45, 2.75) is 51.5 Å². The van der Waals surface area contributed by atoms with Crippen LogP contribution >= 0.6 is 0 Å². The van der Waals surface area contributed by atoms with Gasteiger partial charge in [0, 0.05) is 19.0 Å². The number of aromatic nitrogens is 4. The van der Waals surface area contributed by atoms with E-state index in [0.29, 0.717) is 5.69 Å². The zero-order valence-electron chi connectivity index (χ0n) is 16.5. The average Bonchev–Trinajstić information content (AvgIpc) is 3.24. The minimum Gasteiger partial charge on any atom is -0.340 e. The number of hydrogen-bond acceptors (Lipinski definition) is 3. The Morgan fingerprint density at radius 3 is 2.70 bits per heavy atom. The van der Waals surface area contributed by atoms with E-state index in [1.807, 2.05) is 42.3 Å². The van der Waals surface area contributed by atoms with Gasteiger partial charge < -0.3 is 9.88 Å². The second-order valence-corrected chi connectivity index (χ2v) is 8.44. The molecular formula is C21H27N5O. The number of nitrogens with one attached hydrogen (secondary N) is 1. The highest BCUT2D eigenvalue weighted by atomic mass is 16.2. The Hall–Kier alpha value is -2.63. The van der Waals surface area contributed by atoms with E-state index in [-0.39, 0.29) is 17.4 Å². The molecule has 0 aliphatic carbocycles. The van der Waals surface area contributed by atoms with Crippen molar-refractivity contribution in [2.75, 3.05) is 6.54 Å². The fourth-order valence-electron chi connectivity index (χ4n) is 3.77. The van der Waals surface area contributed by atoms with E-state index >= 15 is 0 Å². The van der Waals surface area contributed by atoms with Gasteiger partial charge in [-0.25, -0.2) is 4.98 Å². The summed E-state index contributed by atoms with van der Waals surface area (Å²) in [5, 5.41) is 4.58. The molecular weight excluding hydrogens is 338 g/mol. The summed E-state index contributed by atoms with van der Waals surface area (Å²) in [7, 11) is 1.85. The number of piperidine rings is 1. The molecule has 4 rings (SSSR count). The number of aryl methyl sites for hydroxylation is 1. The second kappa shape index (κ2) is 6.51. The first-order chi connectivity index (χ1) is 12.8. The first-order valence-corrected chi connectivity index (χ1v) is 9.65. The predicted octanol–water partition coefficient (Wildman–Crippen LogP) is 3.96. The number of fused-ring (bicyclic) bond motifs is 1. The number of aromatic amines is 1. The molecule has 1 unspecified atom stereocenters. The molecule has 0 spiro atoms. The van der Waals surface area contributed by atoms with Crippen molar-refractivity contribution in [1.82, 2.24) is 24.6 Å². The zero-order valence-corrected chi connectivity index (χ0v) is 16.5. The molecule has 1 atom stereocenters. The summed E-state index contributed by atoms with van der Waals surface area (Å²) in [5.41, 5.74) is 3.45. The van der Waals surface area contributed by atoms with Crippen LogP contribution in [0.15, 0.2) is 30.3 Å². The number of carbonyl (C=O) groups excluding carboxylic acids is 1. The van der Waals surface area contributed by atoms with E-state index < -0.39 is 0 Å². The molecule has 3 aromatic rings. The number of benzene rings is 1. The fraction of sp³-hybridized carbons (Fsp3) is 0.476. The van der Waals surface area contributed by atoms with E-state index in [2.05, 4.69) is 30.9 Å². The molecule has 27 heavy (non-hydrogen) atoms. The maximum absolute atomic E-state index is 13.4. The summed E-state index contributed by atoms with van der Waals surface area (Å²) in [6.45, 7) is 7.08. The van der Waals surface area contributed by atoms with E-state index in [4.69, 9.17) is 4.98 Å². The SMILES string of the molecule is Cn1nc(C(C)(C)C)cc1C(=O)N1CCCCC1c1nc2ccccc2[nH]1.